The molecular formula is C9H6F4N2S. The van der Waals surface area contributed by atoms with Crippen molar-refractivity contribution in [3.05, 3.63) is 28.5 Å². The lowest BCUT2D eigenvalue weighted by molar-refractivity contribution is 0.127. The van der Waals surface area contributed by atoms with Crippen LogP contribution in [0, 0.1) is 16.4 Å². The van der Waals surface area contributed by atoms with Crippen molar-refractivity contribution in [3.8, 4) is 0 Å². The first-order chi connectivity index (χ1) is 7.50. The second kappa shape index (κ2) is 3.89. The minimum atomic E-state index is -2.69. The van der Waals surface area contributed by atoms with Crippen LogP contribution in [0.5, 0.6) is 0 Å². The van der Waals surface area contributed by atoms with Gasteiger partial charge in [0, 0.05) is 0 Å². The number of fused-ring (bicyclic) bond motifs is 1. The topological polar surface area (TPSA) is 20.7 Å². The molecule has 0 aliphatic rings. The fourth-order valence-corrected chi connectivity index (χ4v) is 1.78. The zero-order valence-corrected chi connectivity index (χ0v) is 8.62. The van der Waals surface area contributed by atoms with Crippen molar-refractivity contribution in [1.29, 1.82) is 0 Å². The molecule has 0 saturated carbocycles. The number of H-pyrrole nitrogens is 1. The van der Waals surface area contributed by atoms with Gasteiger partial charge in [-0.15, -0.1) is 0 Å². The van der Waals surface area contributed by atoms with Crippen molar-refractivity contribution in [2.75, 3.05) is 0 Å². The van der Waals surface area contributed by atoms with Gasteiger partial charge in [0.15, 0.2) is 16.4 Å². The average Bonchev–Trinajstić information content (AvgIpc) is 2.50. The normalized spacial score (nSPS) is 11.6. The summed E-state index contributed by atoms with van der Waals surface area (Å²) in [6.07, 6.45) is -2.69. The number of aromatic nitrogens is 2. The van der Waals surface area contributed by atoms with E-state index in [0.29, 0.717) is 0 Å². The molecule has 0 amide bonds. The van der Waals surface area contributed by atoms with Crippen LogP contribution in [-0.4, -0.2) is 16.0 Å². The van der Waals surface area contributed by atoms with Crippen molar-refractivity contribution in [3.63, 3.8) is 0 Å². The molecule has 0 radical (unpaired) electrons. The van der Waals surface area contributed by atoms with Crippen LogP contribution in [0.15, 0.2) is 12.1 Å². The molecule has 0 spiro atoms. The van der Waals surface area contributed by atoms with Gasteiger partial charge in [0.1, 0.15) is 5.52 Å². The maximum atomic E-state index is 13.4. The Labute approximate surface area is 92.5 Å². The van der Waals surface area contributed by atoms with E-state index >= 15 is 0 Å². The number of rotatable bonds is 2. The lowest BCUT2D eigenvalue weighted by Gasteiger charge is -2.04. The molecule has 2 rings (SSSR count). The van der Waals surface area contributed by atoms with Gasteiger partial charge in [0.05, 0.1) is 12.1 Å². The molecule has 16 heavy (non-hydrogen) atoms. The maximum Gasteiger partial charge on any atom is 0.256 e. The second-order valence-electron chi connectivity index (χ2n) is 3.19. The number of nitrogens with one attached hydrogen (secondary N) is 1. The first-order valence-corrected chi connectivity index (χ1v) is 4.76. The monoisotopic (exact) mass is 250 g/mol. The largest absolute Gasteiger partial charge is 0.330 e. The number of hydrogen-bond acceptors (Lipinski definition) is 1. The molecule has 0 saturated heterocycles. The summed E-state index contributed by atoms with van der Waals surface area (Å²) in [6, 6.07) is 2.17. The van der Waals surface area contributed by atoms with Crippen LogP contribution >= 0.6 is 12.2 Å². The van der Waals surface area contributed by atoms with Gasteiger partial charge in [-0.1, -0.05) is 0 Å². The highest BCUT2D eigenvalue weighted by Gasteiger charge is 2.16. The zero-order valence-electron chi connectivity index (χ0n) is 7.81. The Kier molecular flexibility index (Phi) is 2.71. The number of halogens is 4. The summed E-state index contributed by atoms with van der Waals surface area (Å²) in [5.74, 6) is -2.27. The Morgan fingerprint density at radius 3 is 2.62 bits per heavy atom. The Bertz CT molecular complexity index is 587. The van der Waals surface area contributed by atoms with Crippen molar-refractivity contribution >= 4 is 23.3 Å². The van der Waals surface area contributed by atoms with Gasteiger partial charge in [-0.05, 0) is 24.4 Å². The van der Waals surface area contributed by atoms with Crippen molar-refractivity contribution in [2.45, 2.75) is 13.0 Å². The van der Waals surface area contributed by atoms with Crippen LogP contribution < -0.4 is 0 Å². The van der Waals surface area contributed by atoms with Gasteiger partial charge in [-0.2, -0.15) is 0 Å². The van der Waals surface area contributed by atoms with Crippen LogP contribution in [0.25, 0.3) is 11.0 Å². The number of alkyl halides is 2. The van der Waals surface area contributed by atoms with Crippen LogP contribution in [0.3, 0.4) is 0 Å². The highest BCUT2D eigenvalue weighted by atomic mass is 32.1. The first kappa shape index (κ1) is 11.1. The number of benzene rings is 1. The molecule has 1 aromatic heterocycles. The summed E-state index contributed by atoms with van der Waals surface area (Å²) >= 11 is 4.76. The molecule has 1 N–H and O–H groups in total. The predicted octanol–water partition coefficient (Wildman–Crippen LogP) is 3.24. The summed E-state index contributed by atoms with van der Waals surface area (Å²) in [5, 5.41) is 0. The van der Waals surface area contributed by atoms with Gasteiger partial charge >= 0.3 is 0 Å². The molecule has 0 atom stereocenters. The van der Waals surface area contributed by atoms with E-state index in [-0.39, 0.29) is 15.8 Å². The number of imidazole rings is 1. The summed E-state index contributed by atoms with van der Waals surface area (Å²) in [4.78, 5) is 2.54. The van der Waals surface area contributed by atoms with Gasteiger partial charge in [0.2, 0.25) is 0 Å². The maximum absolute atomic E-state index is 13.4. The van der Waals surface area contributed by atoms with Crippen LogP contribution in [-0.2, 0) is 6.54 Å². The smallest absolute Gasteiger partial charge is 0.256 e. The third-order valence-corrected chi connectivity index (χ3v) is 2.47. The Morgan fingerprint density at radius 1 is 1.31 bits per heavy atom. The minimum Gasteiger partial charge on any atom is -0.330 e. The van der Waals surface area contributed by atoms with Crippen molar-refractivity contribution in [2.24, 2.45) is 0 Å². The van der Waals surface area contributed by atoms with Crippen LogP contribution in [0.4, 0.5) is 17.6 Å². The van der Waals surface area contributed by atoms with Gasteiger partial charge < -0.3 is 9.55 Å². The molecule has 1 aromatic carbocycles. The van der Waals surface area contributed by atoms with Gasteiger partial charge in [-0.25, -0.2) is 17.6 Å². The van der Waals surface area contributed by atoms with E-state index in [9.17, 15) is 17.6 Å². The molecule has 0 bridgehead atoms. The van der Waals surface area contributed by atoms with Crippen LogP contribution in [0.2, 0.25) is 0 Å². The molecule has 7 heteroatoms. The zero-order chi connectivity index (χ0) is 11.9. The molecule has 2 aromatic rings. The van der Waals surface area contributed by atoms with E-state index in [1.165, 1.54) is 6.07 Å². The highest BCUT2D eigenvalue weighted by molar-refractivity contribution is 7.71. The summed E-state index contributed by atoms with van der Waals surface area (Å²) < 4.78 is 51.6. The lowest BCUT2D eigenvalue weighted by Crippen LogP contribution is -2.07. The third-order valence-electron chi connectivity index (χ3n) is 2.15. The number of nitrogens with zero attached hydrogens (tertiary/aromatic N) is 1. The summed E-state index contributed by atoms with van der Waals surface area (Å²) in [6.45, 7) is -0.765. The number of hydrogen-bond donors (Lipinski definition) is 1. The fourth-order valence-electron chi connectivity index (χ4n) is 1.50. The number of aromatic amines is 1. The van der Waals surface area contributed by atoms with E-state index in [2.05, 4.69) is 4.98 Å². The molecule has 0 fully saturated rings. The van der Waals surface area contributed by atoms with E-state index in [1.54, 1.807) is 0 Å². The Hall–Kier alpha value is -1.37. The fraction of sp³-hybridized carbons (Fsp3) is 0.222. The minimum absolute atomic E-state index is 0.0557. The molecular weight excluding hydrogens is 244 g/mol. The molecule has 0 unspecified atom stereocenters. The molecule has 1 heterocycles. The third kappa shape index (κ3) is 1.71. The Morgan fingerprint density at radius 2 is 2.00 bits per heavy atom. The average molecular weight is 250 g/mol. The van der Waals surface area contributed by atoms with Crippen LogP contribution in [0.1, 0.15) is 0 Å². The van der Waals surface area contributed by atoms with Gasteiger partial charge in [-0.3, -0.25) is 0 Å². The van der Waals surface area contributed by atoms with E-state index < -0.39 is 24.6 Å². The van der Waals surface area contributed by atoms with Crippen molar-refractivity contribution in [1.82, 2.24) is 9.55 Å². The van der Waals surface area contributed by atoms with Gasteiger partial charge in [0.25, 0.3) is 6.43 Å². The first-order valence-electron chi connectivity index (χ1n) is 4.35. The summed E-state index contributed by atoms with van der Waals surface area (Å²) in [5.41, 5.74) is -0.0603. The van der Waals surface area contributed by atoms with E-state index in [1.807, 2.05) is 0 Å². The highest BCUT2D eigenvalue weighted by Crippen LogP contribution is 2.21. The van der Waals surface area contributed by atoms with E-state index in [4.69, 9.17) is 12.2 Å². The second-order valence-corrected chi connectivity index (χ2v) is 3.58. The SMILES string of the molecule is Fc1ccc2[nH]c(=S)n(CC(F)F)c2c1F. The quantitative estimate of drug-likeness (QED) is 0.641. The lowest BCUT2D eigenvalue weighted by atomic mass is 10.3. The van der Waals surface area contributed by atoms with Crippen molar-refractivity contribution < 1.29 is 17.6 Å². The Balaban J connectivity index is 2.76. The predicted molar refractivity (Wildman–Crippen MR) is 53.0 cm³/mol. The molecule has 0 aliphatic carbocycles. The van der Waals surface area contributed by atoms with E-state index in [0.717, 1.165) is 10.6 Å². The molecule has 86 valence electrons. The standard InChI is InChI=1S/C9H6F4N2S/c10-4-1-2-5-8(7(4)13)15(3-6(11)12)9(16)14-5/h1-2,6H,3H2,(H,14,16). The molecule has 0 aliphatic heterocycles. The molecule has 2 nitrogen and oxygen atoms in total. The summed E-state index contributed by atoms with van der Waals surface area (Å²) in [7, 11) is 0.